The molecule has 0 fully saturated rings. The molecule has 0 amide bonds. The van der Waals surface area contributed by atoms with Gasteiger partial charge in [0.15, 0.2) is 0 Å². The third-order valence-electron chi connectivity index (χ3n) is 4.65. The van der Waals surface area contributed by atoms with Crippen molar-refractivity contribution in [3.8, 4) is 22.8 Å². The number of rotatable bonds is 3. The van der Waals surface area contributed by atoms with Crippen molar-refractivity contribution in [3.63, 3.8) is 0 Å². The van der Waals surface area contributed by atoms with Crippen molar-refractivity contribution in [2.24, 2.45) is 0 Å². The fraction of sp³-hybridized carbons (Fsp3) is 0.0435. The number of nitrogens with zero attached hydrogens (tertiary/aromatic N) is 2. The van der Waals surface area contributed by atoms with Gasteiger partial charge in [0.1, 0.15) is 16.9 Å². The molecule has 0 atom stereocenters. The van der Waals surface area contributed by atoms with Gasteiger partial charge in [-0.05, 0) is 23.9 Å². The number of aryl methyl sites for hydroxylation is 1. The van der Waals surface area contributed by atoms with Crippen LogP contribution in [0.4, 0.5) is 0 Å². The highest BCUT2D eigenvalue weighted by Gasteiger charge is 2.18. The number of ether oxygens (including phenoxy) is 1. The number of hydrogen-bond donors (Lipinski definition) is 0. The Morgan fingerprint density at radius 3 is 2.48 bits per heavy atom. The zero-order valence-electron chi connectivity index (χ0n) is 14.7. The summed E-state index contributed by atoms with van der Waals surface area (Å²) in [6, 6.07) is 24.6. The molecule has 0 aliphatic carbocycles. The summed E-state index contributed by atoms with van der Waals surface area (Å²) in [6.45, 7) is 2.12. The normalized spacial score (nSPS) is 11.1. The molecule has 0 bridgehead atoms. The molecule has 27 heavy (non-hydrogen) atoms. The Morgan fingerprint density at radius 2 is 1.59 bits per heavy atom. The van der Waals surface area contributed by atoms with Crippen LogP contribution < -0.4 is 4.74 Å². The summed E-state index contributed by atoms with van der Waals surface area (Å²) in [5, 5.41) is 3.18. The highest BCUT2D eigenvalue weighted by molar-refractivity contribution is 7.19. The molecule has 5 rings (SSSR count). The van der Waals surface area contributed by atoms with Crippen molar-refractivity contribution >= 4 is 32.3 Å². The summed E-state index contributed by atoms with van der Waals surface area (Å²) in [7, 11) is 0. The van der Waals surface area contributed by atoms with E-state index in [1.165, 1.54) is 4.88 Å². The van der Waals surface area contributed by atoms with Crippen molar-refractivity contribution in [2.75, 3.05) is 0 Å². The molecule has 130 valence electrons. The van der Waals surface area contributed by atoms with E-state index in [-0.39, 0.29) is 0 Å². The number of hydrogen-bond acceptors (Lipinski definition) is 4. The van der Waals surface area contributed by atoms with Crippen LogP contribution in [-0.2, 0) is 0 Å². The minimum absolute atomic E-state index is 0.597. The average Bonchev–Trinajstić information content (AvgIpc) is 3.06. The molecule has 0 N–H and O–H groups in total. The van der Waals surface area contributed by atoms with Gasteiger partial charge in [-0.1, -0.05) is 66.7 Å². The van der Waals surface area contributed by atoms with Crippen molar-refractivity contribution in [1.29, 1.82) is 0 Å². The van der Waals surface area contributed by atoms with E-state index in [0.717, 1.165) is 37.9 Å². The minimum atomic E-state index is 0.597. The lowest BCUT2D eigenvalue weighted by molar-refractivity contribution is 0.474. The van der Waals surface area contributed by atoms with Gasteiger partial charge >= 0.3 is 0 Å². The molecule has 2 aromatic heterocycles. The Kier molecular flexibility index (Phi) is 3.84. The lowest BCUT2D eigenvalue weighted by atomic mass is 10.0. The minimum Gasteiger partial charge on any atom is -0.438 e. The number of thiophene rings is 1. The maximum absolute atomic E-state index is 6.34. The third kappa shape index (κ3) is 2.75. The van der Waals surface area contributed by atoms with Crippen LogP contribution in [0.2, 0.25) is 0 Å². The Morgan fingerprint density at radius 1 is 0.815 bits per heavy atom. The predicted octanol–water partition coefficient (Wildman–Crippen LogP) is 6.61. The Bertz CT molecular complexity index is 1260. The summed E-state index contributed by atoms with van der Waals surface area (Å²) in [4.78, 5) is 11.1. The lowest BCUT2D eigenvalue weighted by Crippen LogP contribution is -1.92. The van der Waals surface area contributed by atoms with E-state index < -0.39 is 0 Å². The Hall–Kier alpha value is -3.24. The highest BCUT2D eigenvalue weighted by Crippen LogP contribution is 2.42. The molecule has 0 aliphatic heterocycles. The highest BCUT2D eigenvalue weighted by atomic mass is 32.1. The first-order valence-corrected chi connectivity index (χ1v) is 9.58. The maximum Gasteiger partial charge on any atom is 0.231 e. The molecular formula is C23H16N2OS. The van der Waals surface area contributed by atoms with Crippen molar-refractivity contribution in [1.82, 2.24) is 9.97 Å². The maximum atomic E-state index is 6.34. The molecule has 0 saturated heterocycles. The second kappa shape index (κ2) is 6.49. The standard InChI is InChI=1S/C23H16N2OS/c1-15-20(17-9-3-2-4-10-17)21-22(24-14-25-23(21)27-15)26-19-13-7-11-16-8-5-6-12-18(16)19/h2-14H,1H3. The van der Waals surface area contributed by atoms with Gasteiger partial charge in [0, 0.05) is 15.8 Å². The van der Waals surface area contributed by atoms with Gasteiger partial charge in [-0.3, -0.25) is 0 Å². The van der Waals surface area contributed by atoms with E-state index in [0.29, 0.717) is 5.88 Å². The summed E-state index contributed by atoms with van der Waals surface area (Å²) < 4.78 is 6.34. The van der Waals surface area contributed by atoms with Gasteiger partial charge in [-0.25, -0.2) is 9.97 Å². The van der Waals surface area contributed by atoms with E-state index >= 15 is 0 Å². The van der Waals surface area contributed by atoms with Crippen LogP contribution in [0.15, 0.2) is 79.1 Å². The molecule has 5 aromatic rings. The summed E-state index contributed by atoms with van der Waals surface area (Å²) in [5.74, 6) is 1.40. The van der Waals surface area contributed by atoms with Gasteiger partial charge in [-0.2, -0.15) is 0 Å². The van der Waals surface area contributed by atoms with Gasteiger partial charge in [0.05, 0.1) is 5.39 Å². The molecule has 3 aromatic carbocycles. The van der Waals surface area contributed by atoms with E-state index in [4.69, 9.17) is 4.74 Å². The van der Waals surface area contributed by atoms with Gasteiger partial charge < -0.3 is 4.74 Å². The lowest BCUT2D eigenvalue weighted by Gasteiger charge is -2.10. The van der Waals surface area contributed by atoms with Crippen molar-refractivity contribution < 1.29 is 4.74 Å². The first kappa shape index (κ1) is 16.0. The zero-order chi connectivity index (χ0) is 18.2. The fourth-order valence-electron chi connectivity index (χ4n) is 3.44. The molecule has 4 heteroatoms. The van der Waals surface area contributed by atoms with Gasteiger partial charge in [-0.15, -0.1) is 11.3 Å². The number of benzene rings is 3. The van der Waals surface area contributed by atoms with E-state index in [1.807, 2.05) is 42.5 Å². The largest absolute Gasteiger partial charge is 0.438 e. The van der Waals surface area contributed by atoms with Gasteiger partial charge in [0.2, 0.25) is 5.88 Å². The van der Waals surface area contributed by atoms with Crippen LogP contribution in [0.3, 0.4) is 0 Å². The Balaban J connectivity index is 1.72. The van der Waals surface area contributed by atoms with Crippen LogP contribution in [0, 0.1) is 6.92 Å². The van der Waals surface area contributed by atoms with Crippen molar-refractivity contribution in [2.45, 2.75) is 6.92 Å². The van der Waals surface area contributed by atoms with Gasteiger partial charge in [0.25, 0.3) is 0 Å². The summed E-state index contributed by atoms with van der Waals surface area (Å²) in [6.07, 6.45) is 1.58. The third-order valence-corrected chi connectivity index (χ3v) is 5.66. The quantitative estimate of drug-likeness (QED) is 0.359. The van der Waals surface area contributed by atoms with Crippen LogP contribution in [0.25, 0.3) is 32.1 Å². The molecule has 0 spiro atoms. The van der Waals surface area contributed by atoms with E-state index in [2.05, 4.69) is 47.2 Å². The monoisotopic (exact) mass is 368 g/mol. The second-order valence-electron chi connectivity index (χ2n) is 6.34. The smallest absolute Gasteiger partial charge is 0.231 e. The van der Waals surface area contributed by atoms with Crippen LogP contribution >= 0.6 is 11.3 Å². The molecule has 0 saturated carbocycles. The molecular weight excluding hydrogens is 352 g/mol. The zero-order valence-corrected chi connectivity index (χ0v) is 15.5. The van der Waals surface area contributed by atoms with Crippen LogP contribution in [0.5, 0.6) is 11.6 Å². The summed E-state index contributed by atoms with van der Waals surface area (Å²) >= 11 is 1.67. The van der Waals surface area contributed by atoms with Crippen LogP contribution in [0.1, 0.15) is 4.88 Å². The molecule has 0 aliphatic rings. The number of fused-ring (bicyclic) bond motifs is 2. The summed E-state index contributed by atoms with van der Waals surface area (Å²) in [5.41, 5.74) is 2.30. The average molecular weight is 368 g/mol. The Labute approximate surface area is 160 Å². The van der Waals surface area contributed by atoms with Crippen molar-refractivity contribution in [3.05, 3.63) is 84.0 Å². The molecule has 0 unspecified atom stereocenters. The van der Waals surface area contributed by atoms with Crippen LogP contribution in [-0.4, -0.2) is 9.97 Å². The fourth-order valence-corrected chi connectivity index (χ4v) is 4.44. The molecule has 0 radical (unpaired) electrons. The predicted molar refractivity (Wildman–Crippen MR) is 112 cm³/mol. The second-order valence-corrected chi connectivity index (χ2v) is 7.54. The van der Waals surface area contributed by atoms with E-state index in [9.17, 15) is 0 Å². The topological polar surface area (TPSA) is 35.0 Å². The SMILES string of the molecule is Cc1sc2ncnc(Oc3cccc4ccccc34)c2c1-c1ccccc1. The molecule has 2 heterocycles. The number of aromatic nitrogens is 2. The first-order valence-electron chi connectivity index (χ1n) is 8.76. The van der Waals surface area contributed by atoms with E-state index in [1.54, 1.807) is 17.7 Å². The molecule has 3 nitrogen and oxygen atoms in total. The first-order chi connectivity index (χ1) is 13.3.